The van der Waals surface area contributed by atoms with E-state index in [0.29, 0.717) is 24.7 Å². The van der Waals surface area contributed by atoms with Gasteiger partial charge in [0.25, 0.3) is 5.91 Å². The number of amides is 1. The highest BCUT2D eigenvalue weighted by molar-refractivity contribution is 5.88. The SMILES string of the molecule is Cc1nn(C2CCN(C)CC2)cc1Nc1cc(NCCCN2C=COC=CC2=O)c(C(F)(F)F)cn1. The Hall–Kier alpha value is -3.54. The van der Waals surface area contributed by atoms with E-state index in [9.17, 15) is 18.0 Å². The van der Waals surface area contributed by atoms with E-state index in [0.717, 1.165) is 37.8 Å². The topological polar surface area (TPSA) is 87.5 Å². The fraction of sp³-hybridized carbons (Fsp3) is 0.458. The minimum atomic E-state index is -4.56. The van der Waals surface area contributed by atoms with Gasteiger partial charge in [-0.3, -0.25) is 9.48 Å². The van der Waals surface area contributed by atoms with Crippen molar-refractivity contribution < 1.29 is 22.7 Å². The molecule has 2 aromatic heterocycles. The number of hydrogen-bond donors (Lipinski definition) is 2. The van der Waals surface area contributed by atoms with Gasteiger partial charge in [0.2, 0.25) is 0 Å². The molecule has 1 amide bonds. The highest BCUT2D eigenvalue weighted by Gasteiger charge is 2.34. The lowest BCUT2D eigenvalue weighted by Crippen LogP contribution is -2.31. The number of alkyl halides is 3. The van der Waals surface area contributed by atoms with E-state index in [-0.39, 0.29) is 24.0 Å². The van der Waals surface area contributed by atoms with Crippen molar-refractivity contribution in [1.82, 2.24) is 24.6 Å². The minimum Gasteiger partial charge on any atom is -0.471 e. The summed E-state index contributed by atoms with van der Waals surface area (Å²) in [5.74, 6) is 0.0238. The number of halogens is 3. The molecule has 1 fully saturated rings. The molecule has 0 aromatic carbocycles. The highest BCUT2D eigenvalue weighted by Crippen LogP contribution is 2.36. The Labute approximate surface area is 207 Å². The maximum Gasteiger partial charge on any atom is 0.419 e. The van der Waals surface area contributed by atoms with Crippen molar-refractivity contribution >= 4 is 23.1 Å². The second-order valence-electron chi connectivity index (χ2n) is 8.92. The number of likely N-dealkylation sites (tertiary alicyclic amines) is 1. The third-order valence-corrected chi connectivity index (χ3v) is 6.23. The van der Waals surface area contributed by atoms with Crippen molar-refractivity contribution in [3.05, 3.63) is 54.5 Å². The van der Waals surface area contributed by atoms with Crippen molar-refractivity contribution in [1.29, 1.82) is 0 Å². The highest BCUT2D eigenvalue weighted by atomic mass is 19.4. The van der Waals surface area contributed by atoms with Gasteiger partial charge in [0.15, 0.2) is 0 Å². The summed E-state index contributed by atoms with van der Waals surface area (Å²) in [7, 11) is 2.09. The van der Waals surface area contributed by atoms with Gasteiger partial charge in [-0.05, 0) is 46.3 Å². The zero-order valence-electron chi connectivity index (χ0n) is 20.3. The second kappa shape index (κ2) is 11.0. The van der Waals surface area contributed by atoms with Crippen LogP contribution in [0.1, 0.15) is 36.6 Å². The number of aromatic nitrogens is 3. The summed E-state index contributed by atoms with van der Waals surface area (Å²) in [4.78, 5) is 19.6. The number of ether oxygens (including phenoxy) is 1. The first-order valence-corrected chi connectivity index (χ1v) is 11.8. The smallest absolute Gasteiger partial charge is 0.419 e. The Morgan fingerprint density at radius 1 is 1.19 bits per heavy atom. The Balaban J connectivity index is 1.43. The zero-order chi connectivity index (χ0) is 25.7. The number of nitrogens with one attached hydrogen (secondary N) is 2. The molecule has 0 spiro atoms. The number of hydrogen-bond acceptors (Lipinski definition) is 7. The van der Waals surface area contributed by atoms with Crippen LogP contribution in [0.2, 0.25) is 0 Å². The van der Waals surface area contributed by atoms with Crippen LogP contribution < -0.4 is 10.6 Å². The van der Waals surface area contributed by atoms with Crippen LogP contribution in [0, 0.1) is 6.92 Å². The monoisotopic (exact) mass is 505 g/mol. The normalized spacial score (nSPS) is 17.2. The summed E-state index contributed by atoms with van der Waals surface area (Å²) in [6, 6.07) is 1.64. The van der Waals surface area contributed by atoms with Gasteiger partial charge in [-0.25, -0.2) is 4.98 Å². The third kappa shape index (κ3) is 6.36. The summed E-state index contributed by atoms with van der Waals surface area (Å²) in [5, 5.41) is 10.6. The Morgan fingerprint density at radius 2 is 1.97 bits per heavy atom. The lowest BCUT2D eigenvalue weighted by Gasteiger charge is -2.28. The van der Waals surface area contributed by atoms with E-state index in [1.165, 1.54) is 35.8 Å². The van der Waals surface area contributed by atoms with Gasteiger partial charge in [0.1, 0.15) is 12.1 Å². The molecule has 2 aliphatic rings. The Morgan fingerprint density at radius 3 is 2.72 bits per heavy atom. The molecule has 0 bridgehead atoms. The van der Waals surface area contributed by atoms with E-state index < -0.39 is 11.7 Å². The molecule has 1 saturated heterocycles. The maximum atomic E-state index is 13.6. The van der Waals surface area contributed by atoms with E-state index >= 15 is 0 Å². The molecule has 0 atom stereocenters. The standard InChI is InChI=1S/C24H30F3N7O2/c1-17-21(16-34(31-17)18-4-9-32(2)10-5-18)30-22-14-20(19(15-29-22)24(25,26)27)28-7-3-8-33-11-13-36-12-6-23(33)35/h6,11-16,18H,3-5,7-10H2,1-2H3,(H2,28,29,30). The van der Waals surface area contributed by atoms with Crippen LogP contribution >= 0.6 is 0 Å². The average molecular weight is 506 g/mol. The minimum absolute atomic E-state index is 0.0821. The first-order valence-electron chi connectivity index (χ1n) is 11.8. The van der Waals surface area contributed by atoms with Crippen LogP contribution in [0.5, 0.6) is 0 Å². The van der Waals surface area contributed by atoms with Gasteiger partial charge >= 0.3 is 6.18 Å². The number of carbonyl (C=O) groups is 1. The molecule has 0 unspecified atom stereocenters. The zero-order valence-corrected chi connectivity index (χ0v) is 20.3. The number of carbonyl (C=O) groups excluding carboxylic acids is 1. The molecule has 0 radical (unpaired) electrons. The van der Waals surface area contributed by atoms with Gasteiger partial charge in [-0.15, -0.1) is 0 Å². The quantitative estimate of drug-likeness (QED) is 0.519. The largest absolute Gasteiger partial charge is 0.471 e. The van der Waals surface area contributed by atoms with Crippen LogP contribution in [0.4, 0.5) is 30.4 Å². The molecule has 2 aliphatic heterocycles. The molecule has 4 heterocycles. The lowest BCUT2D eigenvalue weighted by atomic mass is 10.1. The summed E-state index contributed by atoms with van der Waals surface area (Å²) >= 11 is 0. The third-order valence-electron chi connectivity index (χ3n) is 6.23. The van der Waals surface area contributed by atoms with E-state index in [1.807, 2.05) is 17.8 Å². The van der Waals surface area contributed by atoms with Gasteiger partial charge in [-0.2, -0.15) is 18.3 Å². The van der Waals surface area contributed by atoms with Gasteiger partial charge < -0.3 is 25.2 Å². The predicted molar refractivity (Wildman–Crippen MR) is 129 cm³/mol. The molecule has 0 aliphatic carbocycles. The number of nitrogens with zero attached hydrogens (tertiary/aromatic N) is 5. The molecule has 194 valence electrons. The van der Waals surface area contributed by atoms with E-state index in [2.05, 4.69) is 32.7 Å². The van der Waals surface area contributed by atoms with Crippen molar-refractivity contribution in [3.63, 3.8) is 0 Å². The number of piperidine rings is 1. The van der Waals surface area contributed by atoms with Crippen LogP contribution in [0.25, 0.3) is 0 Å². The summed E-state index contributed by atoms with van der Waals surface area (Å²) in [5.41, 5.74) is 0.516. The Kier molecular flexibility index (Phi) is 7.82. The number of rotatable bonds is 8. The first-order chi connectivity index (χ1) is 17.2. The predicted octanol–water partition coefficient (Wildman–Crippen LogP) is 4.26. The fourth-order valence-corrected chi connectivity index (χ4v) is 4.16. The maximum absolute atomic E-state index is 13.6. The van der Waals surface area contributed by atoms with E-state index in [4.69, 9.17) is 4.74 Å². The first kappa shape index (κ1) is 25.5. The molecule has 2 N–H and O–H groups in total. The van der Waals surface area contributed by atoms with Crippen LogP contribution in [0.15, 0.2) is 43.3 Å². The molecule has 2 aromatic rings. The summed E-state index contributed by atoms with van der Waals surface area (Å²) < 4.78 is 47.7. The number of aryl methyl sites for hydroxylation is 1. The van der Waals surface area contributed by atoms with Crippen molar-refractivity contribution in [2.75, 3.05) is 43.9 Å². The van der Waals surface area contributed by atoms with E-state index in [1.54, 1.807) is 0 Å². The molecule has 0 saturated carbocycles. The van der Waals surface area contributed by atoms with Gasteiger partial charge in [-0.1, -0.05) is 0 Å². The van der Waals surface area contributed by atoms with Crippen molar-refractivity contribution in [3.8, 4) is 0 Å². The van der Waals surface area contributed by atoms with Crippen molar-refractivity contribution in [2.45, 2.75) is 38.4 Å². The van der Waals surface area contributed by atoms with Gasteiger partial charge in [0, 0.05) is 43.8 Å². The Bertz CT molecular complexity index is 1120. The molecule has 4 rings (SSSR count). The molecular weight excluding hydrogens is 475 g/mol. The van der Waals surface area contributed by atoms with Crippen LogP contribution in [-0.2, 0) is 15.7 Å². The second-order valence-corrected chi connectivity index (χ2v) is 8.92. The van der Waals surface area contributed by atoms with Gasteiger partial charge in [0.05, 0.1) is 34.9 Å². The lowest BCUT2D eigenvalue weighted by molar-refractivity contribution is -0.137. The molecular formula is C24H30F3N7O2. The molecule has 12 heteroatoms. The van der Waals surface area contributed by atoms with Crippen molar-refractivity contribution in [2.24, 2.45) is 0 Å². The summed E-state index contributed by atoms with van der Waals surface area (Å²) in [6.45, 7) is 4.39. The summed E-state index contributed by atoms with van der Waals surface area (Å²) in [6.07, 6.45) is 5.98. The average Bonchev–Trinajstić information content (AvgIpc) is 3.06. The number of pyridine rings is 1. The van der Waals surface area contributed by atoms with Crippen LogP contribution in [-0.4, -0.2) is 63.7 Å². The molecule has 36 heavy (non-hydrogen) atoms. The molecule has 9 nitrogen and oxygen atoms in total. The fourth-order valence-electron chi connectivity index (χ4n) is 4.16. The van der Waals surface area contributed by atoms with Crippen LogP contribution in [0.3, 0.4) is 0 Å². The number of anilines is 3.